The SMILES string of the molecule is O=S(=O)(c1cc(C(F)(F)F)ccc1Cl)N1CCN(c2nc(Cc3ccc(F)c(F)c3)cs2)CC1. The molecule has 34 heavy (non-hydrogen) atoms. The van der Waals surface area contributed by atoms with Crippen molar-refractivity contribution in [1.29, 1.82) is 0 Å². The van der Waals surface area contributed by atoms with Gasteiger partial charge in [-0.05, 0) is 35.9 Å². The van der Waals surface area contributed by atoms with Gasteiger partial charge in [0.2, 0.25) is 10.0 Å². The molecule has 1 aromatic heterocycles. The van der Waals surface area contributed by atoms with Crippen LogP contribution in [0, 0.1) is 11.6 Å². The van der Waals surface area contributed by atoms with Crippen LogP contribution in [0.3, 0.4) is 0 Å². The van der Waals surface area contributed by atoms with E-state index in [4.69, 9.17) is 11.6 Å². The second kappa shape index (κ2) is 9.40. The number of sulfonamides is 1. The maximum absolute atomic E-state index is 13.4. The minimum absolute atomic E-state index is 0.0347. The van der Waals surface area contributed by atoms with Crippen molar-refractivity contribution >= 4 is 38.1 Å². The summed E-state index contributed by atoms with van der Waals surface area (Å²) in [6.45, 7) is 0.613. The van der Waals surface area contributed by atoms with Crippen molar-refractivity contribution in [2.24, 2.45) is 0 Å². The van der Waals surface area contributed by atoms with Crippen LogP contribution in [0.15, 0.2) is 46.7 Å². The molecular formula is C21H17ClF5N3O2S2. The highest BCUT2D eigenvalue weighted by Crippen LogP contribution is 2.35. The molecule has 182 valence electrons. The number of benzene rings is 2. The average Bonchev–Trinajstić information content (AvgIpc) is 3.24. The molecule has 0 unspecified atom stereocenters. The van der Waals surface area contributed by atoms with Gasteiger partial charge in [0.1, 0.15) is 4.90 Å². The van der Waals surface area contributed by atoms with Gasteiger partial charge in [0.25, 0.3) is 0 Å². The molecule has 2 heterocycles. The first kappa shape index (κ1) is 24.8. The van der Waals surface area contributed by atoms with Crippen LogP contribution in [0.5, 0.6) is 0 Å². The molecule has 5 nitrogen and oxygen atoms in total. The fourth-order valence-electron chi connectivity index (χ4n) is 3.52. The van der Waals surface area contributed by atoms with E-state index in [1.165, 1.54) is 17.4 Å². The van der Waals surface area contributed by atoms with Gasteiger partial charge in [0.15, 0.2) is 16.8 Å². The summed E-state index contributed by atoms with van der Waals surface area (Å²) in [7, 11) is -4.23. The number of aromatic nitrogens is 1. The summed E-state index contributed by atoms with van der Waals surface area (Å²) in [6, 6.07) is 5.85. The Balaban J connectivity index is 1.44. The first-order chi connectivity index (χ1) is 15.9. The van der Waals surface area contributed by atoms with Gasteiger partial charge in [-0.2, -0.15) is 17.5 Å². The monoisotopic (exact) mass is 537 g/mol. The Morgan fingerprint density at radius 3 is 2.35 bits per heavy atom. The smallest absolute Gasteiger partial charge is 0.345 e. The Morgan fingerprint density at radius 1 is 1.00 bits per heavy atom. The van der Waals surface area contributed by atoms with Gasteiger partial charge in [-0.15, -0.1) is 11.3 Å². The molecule has 1 aliphatic heterocycles. The van der Waals surface area contributed by atoms with Crippen LogP contribution < -0.4 is 4.90 Å². The molecule has 3 aromatic rings. The van der Waals surface area contributed by atoms with Crippen LogP contribution in [-0.4, -0.2) is 43.9 Å². The molecule has 2 aromatic carbocycles. The standard InChI is InChI=1S/C21H17ClF5N3O2S2/c22-16-3-2-14(21(25,26)27)11-19(16)34(31,32)30-7-5-29(6-8-30)20-28-15(12-33-20)9-13-1-4-17(23)18(24)10-13/h1-4,10-12H,5-9H2. The molecular weight excluding hydrogens is 521 g/mol. The topological polar surface area (TPSA) is 53.5 Å². The zero-order valence-corrected chi connectivity index (χ0v) is 19.7. The predicted octanol–water partition coefficient (Wildman–Crippen LogP) is 5.20. The van der Waals surface area contributed by atoms with Crippen molar-refractivity contribution in [3.05, 3.63) is 75.3 Å². The van der Waals surface area contributed by atoms with E-state index in [1.807, 2.05) is 4.90 Å². The van der Waals surface area contributed by atoms with Crippen molar-refractivity contribution in [2.45, 2.75) is 17.5 Å². The molecule has 1 fully saturated rings. The Kier molecular flexibility index (Phi) is 6.87. The minimum atomic E-state index is -4.70. The normalized spacial score (nSPS) is 15.6. The summed E-state index contributed by atoms with van der Waals surface area (Å²) in [5, 5.41) is 2.13. The van der Waals surface area contributed by atoms with E-state index in [0.29, 0.717) is 28.9 Å². The maximum Gasteiger partial charge on any atom is 0.416 e. The third kappa shape index (κ3) is 5.19. The average molecular weight is 538 g/mol. The van der Waals surface area contributed by atoms with Crippen molar-refractivity contribution < 1.29 is 30.4 Å². The second-order valence-corrected chi connectivity index (χ2v) is 10.7. The molecule has 4 rings (SSSR count). The number of thiazole rings is 1. The lowest BCUT2D eigenvalue weighted by Crippen LogP contribution is -2.48. The van der Waals surface area contributed by atoms with Crippen LogP contribution in [0.25, 0.3) is 0 Å². The number of piperazine rings is 1. The zero-order valence-electron chi connectivity index (χ0n) is 17.3. The van der Waals surface area contributed by atoms with Crippen molar-refractivity contribution in [1.82, 2.24) is 9.29 Å². The third-order valence-corrected chi connectivity index (χ3v) is 8.62. The van der Waals surface area contributed by atoms with E-state index < -0.39 is 38.3 Å². The number of halogens is 6. The Labute approximate surface area is 201 Å². The number of nitrogens with zero attached hydrogens (tertiary/aromatic N) is 3. The Hall–Kier alpha value is -2.28. The third-order valence-electron chi connectivity index (χ3n) is 5.29. The Bertz CT molecular complexity index is 1310. The summed E-state index contributed by atoms with van der Waals surface area (Å²) in [4.78, 5) is 5.77. The van der Waals surface area contributed by atoms with Crippen LogP contribution in [0.4, 0.5) is 27.1 Å². The number of alkyl halides is 3. The van der Waals surface area contributed by atoms with Crippen LogP contribution in [0.1, 0.15) is 16.8 Å². The minimum Gasteiger partial charge on any atom is -0.345 e. The predicted molar refractivity (Wildman–Crippen MR) is 119 cm³/mol. The van der Waals surface area contributed by atoms with Gasteiger partial charge < -0.3 is 4.90 Å². The van der Waals surface area contributed by atoms with Gasteiger partial charge in [-0.1, -0.05) is 17.7 Å². The van der Waals surface area contributed by atoms with Gasteiger partial charge in [-0.3, -0.25) is 0 Å². The molecule has 0 N–H and O–H groups in total. The fraction of sp³-hybridized carbons (Fsp3) is 0.286. The maximum atomic E-state index is 13.4. The molecule has 0 saturated carbocycles. The largest absolute Gasteiger partial charge is 0.416 e. The molecule has 0 atom stereocenters. The van der Waals surface area contributed by atoms with Crippen molar-refractivity contribution in [3.63, 3.8) is 0 Å². The van der Waals surface area contributed by atoms with Crippen molar-refractivity contribution in [2.75, 3.05) is 31.1 Å². The number of rotatable bonds is 5. The lowest BCUT2D eigenvalue weighted by atomic mass is 10.1. The lowest BCUT2D eigenvalue weighted by molar-refractivity contribution is -0.137. The van der Waals surface area contributed by atoms with E-state index in [9.17, 15) is 30.4 Å². The molecule has 0 amide bonds. The molecule has 0 spiro atoms. The second-order valence-electron chi connectivity index (χ2n) is 7.58. The van der Waals surface area contributed by atoms with Gasteiger partial charge >= 0.3 is 6.18 Å². The molecule has 13 heteroatoms. The van der Waals surface area contributed by atoms with E-state index >= 15 is 0 Å². The first-order valence-corrected chi connectivity index (χ1v) is 12.6. The van der Waals surface area contributed by atoms with E-state index in [2.05, 4.69) is 4.98 Å². The summed E-state index contributed by atoms with van der Waals surface area (Å²) in [5.74, 6) is -1.87. The number of hydrogen-bond acceptors (Lipinski definition) is 5. The van der Waals surface area contributed by atoms with E-state index in [1.54, 1.807) is 5.38 Å². The van der Waals surface area contributed by atoms with E-state index in [0.717, 1.165) is 28.6 Å². The number of hydrogen-bond donors (Lipinski definition) is 0. The van der Waals surface area contributed by atoms with Gasteiger partial charge in [-0.25, -0.2) is 22.2 Å². The highest BCUT2D eigenvalue weighted by Gasteiger charge is 2.35. The molecule has 1 saturated heterocycles. The Morgan fingerprint density at radius 2 is 1.71 bits per heavy atom. The van der Waals surface area contributed by atoms with Crippen molar-refractivity contribution in [3.8, 4) is 0 Å². The zero-order chi connectivity index (χ0) is 24.7. The lowest BCUT2D eigenvalue weighted by Gasteiger charge is -2.34. The molecule has 1 aliphatic rings. The number of anilines is 1. The summed E-state index contributed by atoms with van der Waals surface area (Å²) in [6.07, 6.45) is -4.40. The van der Waals surface area contributed by atoms with Crippen LogP contribution in [-0.2, 0) is 22.6 Å². The molecule has 0 bridgehead atoms. The van der Waals surface area contributed by atoms with Gasteiger partial charge in [0, 0.05) is 38.0 Å². The molecule has 0 aliphatic carbocycles. The highest BCUT2D eigenvalue weighted by molar-refractivity contribution is 7.89. The van der Waals surface area contributed by atoms with E-state index in [-0.39, 0.29) is 31.2 Å². The summed E-state index contributed by atoms with van der Waals surface area (Å²) in [5.41, 5.74) is 0.117. The highest BCUT2D eigenvalue weighted by atomic mass is 35.5. The van der Waals surface area contributed by atoms with Gasteiger partial charge in [0.05, 0.1) is 16.3 Å². The van der Waals surface area contributed by atoms with Crippen LogP contribution >= 0.6 is 22.9 Å². The summed E-state index contributed by atoms with van der Waals surface area (Å²) >= 11 is 7.25. The van der Waals surface area contributed by atoms with Crippen LogP contribution in [0.2, 0.25) is 5.02 Å². The quantitative estimate of drug-likeness (QED) is 0.420. The first-order valence-electron chi connectivity index (χ1n) is 9.95. The summed E-state index contributed by atoms with van der Waals surface area (Å²) < 4.78 is 92.7. The fourth-order valence-corrected chi connectivity index (χ4v) is 6.32. The molecule has 0 radical (unpaired) electrons.